The third kappa shape index (κ3) is 12.3. The first kappa shape index (κ1) is 41.7. The first-order chi connectivity index (χ1) is 27.0. The third-order valence-corrected chi connectivity index (χ3v) is 7.56. The number of alkyl halides is 6. The number of nitrogens with one attached hydrogen (secondary N) is 2. The number of amides is 2. The molecule has 0 radical (unpaired) electrons. The summed E-state index contributed by atoms with van der Waals surface area (Å²) < 4.78 is 91.6. The molecule has 0 bridgehead atoms. The minimum atomic E-state index is -4.80. The number of hydrogen-bond donors (Lipinski definition) is 3. The van der Waals surface area contributed by atoms with Gasteiger partial charge in [0.15, 0.2) is 0 Å². The summed E-state index contributed by atoms with van der Waals surface area (Å²) in [4.78, 5) is 24.4. The van der Waals surface area contributed by atoms with Crippen molar-refractivity contribution in [3.8, 4) is 34.4 Å². The molecule has 296 valence electrons. The SMILES string of the molecule is C=C(NC(=O)c1ccc(Cl)cc1)c1nnc(-c2ccc(OC(F)(F)F)cc2)o1.O=C(N[C@@H](CO)c1nnc(-c2ccc(OC(F)(F)F)cc2)o1)c1ccc(Cl)cc1. The summed E-state index contributed by atoms with van der Waals surface area (Å²) >= 11 is 11.6. The Morgan fingerprint density at radius 3 is 1.56 bits per heavy atom. The van der Waals surface area contributed by atoms with Crippen LogP contribution in [0.1, 0.15) is 38.5 Å². The Kier molecular flexibility index (Phi) is 13.2. The van der Waals surface area contributed by atoms with Crippen molar-refractivity contribution in [3.05, 3.63) is 137 Å². The summed E-state index contributed by atoms with van der Waals surface area (Å²) in [5, 5.41) is 30.7. The molecule has 1 atom stereocenters. The van der Waals surface area contributed by atoms with E-state index in [1.807, 2.05) is 0 Å². The predicted molar refractivity (Wildman–Crippen MR) is 190 cm³/mol. The van der Waals surface area contributed by atoms with Gasteiger partial charge < -0.3 is 34.0 Å². The van der Waals surface area contributed by atoms with Crippen LogP contribution in [0.2, 0.25) is 10.0 Å². The Balaban J connectivity index is 0.000000218. The number of aliphatic hydroxyl groups is 1. The van der Waals surface area contributed by atoms with E-state index < -0.39 is 42.9 Å². The van der Waals surface area contributed by atoms with Crippen molar-refractivity contribution >= 4 is 40.7 Å². The van der Waals surface area contributed by atoms with Gasteiger partial charge in [-0.3, -0.25) is 9.59 Å². The molecule has 4 aromatic carbocycles. The molecule has 0 aliphatic carbocycles. The van der Waals surface area contributed by atoms with E-state index in [1.165, 1.54) is 48.5 Å². The first-order valence-corrected chi connectivity index (χ1v) is 16.5. The van der Waals surface area contributed by atoms with Gasteiger partial charge in [-0.1, -0.05) is 29.8 Å². The number of carbonyl (C=O) groups is 2. The smallest absolute Gasteiger partial charge is 0.418 e. The van der Waals surface area contributed by atoms with E-state index in [-0.39, 0.29) is 35.0 Å². The molecular formula is C36H24Cl2F6N6O7. The summed E-state index contributed by atoms with van der Waals surface area (Å²) in [5.41, 5.74) is 1.43. The zero-order chi connectivity index (χ0) is 41.3. The summed E-state index contributed by atoms with van der Waals surface area (Å²) in [6.45, 7) is 3.16. The molecule has 0 aliphatic heterocycles. The molecule has 0 unspecified atom stereocenters. The highest BCUT2D eigenvalue weighted by atomic mass is 35.5. The van der Waals surface area contributed by atoms with Crippen molar-refractivity contribution in [1.29, 1.82) is 0 Å². The Morgan fingerprint density at radius 2 is 1.11 bits per heavy atom. The van der Waals surface area contributed by atoms with E-state index in [1.54, 1.807) is 24.3 Å². The van der Waals surface area contributed by atoms with E-state index in [0.29, 0.717) is 32.3 Å². The maximum atomic E-state index is 12.3. The van der Waals surface area contributed by atoms with Crippen LogP contribution < -0.4 is 20.1 Å². The normalized spacial score (nSPS) is 11.8. The Hall–Kier alpha value is -6.44. The maximum Gasteiger partial charge on any atom is 0.573 e. The Labute approximate surface area is 326 Å². The second-order valence-corrected chi connectivity index (χ2v) is 12.0. The summed E-state index contributed by atoms with van der Waals surface area (Å²) in [7, 11) is 0. The van der Waals surface area contributed by atoms with Crippen LogP contribution in [0.3, 0.4) is 0 Å². The van der Waals surface area contributed by atoms with Gasteiger partial charge in [0.2, 0.25) is 17.7 Å². The summed E-state index contributed by atoms with van der Waals surface area (Å²) in [6.07, 6.45) is -9.57. The fourth-order valence-electron chi connectivity index (χ4n) is 4.44. The Morgan fingerprint density at radius 1 is 0.667 bits per heavy atom. The minimum absolute atomic E-state index is 0.00208. The number of nitrogens with zero attached hydrogens (tertiary/aromatic N) is 4. The molecule has 0 aliphatic rings. The standard InChI is InChI=1S/C18H13ClF3N3O4.C18H11ClF3N3O3/c19-12-5-1-10(2-6-12)15(27)23-14(9-26)17-25-24-16(28-17)11-3-7-13(8-4-11)29-18(20,21)22;1-10(23-15(26)11-2-6-13(19)7-3-11)16-24-25-17(27-16)12-4-8-14(9-5-12)28-18(20,21)22/h1-8,14,26H,9H2,(H,23,27);2-9H,1H2,(H,23,26)/t14-;/m0./s1. The molecule has 13 nitrogen and oxygen atoms in total. The van der Waals surface area contributed by atoms with Crippen LogP contribution in [0.4, 0.5) is 26.3 Å². The Bertz CT molecular complexity index is 2300. The second-order valence-electron chi connectivity index (χ2n) is 11.2. The number of benzene rings is 4. The zero-order valence-corrected chi connectivity index (χ0v) is 30.0. The van der Waals surface area contributed by atoms with Crippen molar-refractivity contribution in [2.75, 3.05) is 6.61 Å². The van der Waals surface area contributed by atoms with Crippen molar-refractivity contribution in [3.63, 3.8) is 0 Å². The molecule has 3 N–H and O–H groups in total. The van der Waals surface area contributed by atoms with Gasteiger partial charge >= 0.3 is 12.7 Å². The van der Waals surface area contributed by atoms with Gasteiger partial charge in [0.05, 0.1) is 12.3 Å². The van der Waals surface area contributed by atoms with Gasteiger partial charge in [-0.2, -0.15) is 0 Å². The lowest BCUT2D eigenvalue weighted by atomic mass is 10.2. The van der Waals surface area contributed by atoms with Crippen LogP contribution in [0.25, 0.3) is 28.6 Å². The average Bonchev–Trinajstić information content (AvgIpc) is 3.86. The first-order valence-electron chi connectivity index (χ1n) is 15.8. The fourth-order valence-corrected chi connectivity index (χ4v) is 4.70. The van der Waals surface area contributed by atoms with Gasteiger partial charge in [0, 0.05) is 32.3 Å². The average molecular weight is 838 g/mol. The van der Waals surface area contributed by atoms with Gasteiger partial charge in [-0.25, -0.2) is 0 Å². The third-order valence-electron chi connectivity index (χ3n) is 7.06. The number of rotatable bonds is 11. The van der Waals surface area contributed by atoms with Crippen LogP contribution >= 0.6 is 23.2 Å². The minimum Gasteiger partial charge on any atom is -0.418 e. The summed E-state index contributed by atoms with van der Waals surface area (Å²) in [5.74, 6) is -1.80. The lowest BCUT2D eigenvalue weighted by molar-refractivity contribution is -0.275. The van der Waals surface area contributed by atoms with Crippen molar-refractivity contribution in [2.24, 2.45) is 0 Å². The van der Waals surface area contributed by atoms with Gasteiger partial charge in [0.1, 0.15) is 17.5 Å². The molecule has 21 heteroatoms. The molecule has 0 saturated heterocycles. The van der Waals surface area contributed by atoms with Crippen LogP contribution in [0.15, 0.2) is 112 Å². The number of aromatic nitrogens is 4. The van der Waals surface area contributed by atoms with E-state index >= 15 is 0 Å². The molecule has 2 aromatic heterocycles. The molecule has 6 aromatic rings. The highest BCUT2D eigenvalue weighted by Crippen LogP contribution is 2.28. The fraction of sp³-hybridized carbons (Fsp3) is 0.111. The van der Waals surface area contributed by atoms with Gasteiger partial charge in [0.25, 0.3) is 17.7 Å². The van der Waals surface area contributed by atoms with E-state index in [2.05, 4.69) is 47.1 Å². The van der Waals surface area contributed by atoms with Crippen LogP contribution in [0, 0.1) is 0 Å². The number of carbonyl (C=O) groups excluding carboxylic acids is 2. The highest BCUT2D eigenvalue weighted by Gasteiger charge is 2.32. The van der Waals surface area contributed by atoms with E-state index in [0.717, 1.165) is 24.3 Å². The molecular weight excluding hydrogens is 813 g/mol. The number of ether oxygens (including phenoxy) is 2. The number of hydrogen-bond acceptors (Lipinski definition) is 11. The van der Waals surface area contributed by atoms with Crippen LogP contribution in [0.5, 0.6) is 11.5 Å². The maximum absolute atomic E-state index is 12.3. The van der Waals surface area contributed by atoms with E-state index in [9.17, 15) is 41.0 Å². The van der Waals surface area contributed by atoms with Crippen molar-refractivity contribution < 1.29 is 59.3 Å². The predicted octanol–water partition coefficient (Wildman–Crippen LogP) is 8.44. The van der Waals surface area contributed by atoms with E-state index in [4.69, 9.17) is 32.0 Å². The quantitative estimate of drug-likeness (QED) is 0.107. The zero-order valence-electron chi connectivity index (χ0n) is 28.4. The van der Waals surface area contributed by atoms with Crippen molar-refractivity contribution in [2.45, 2.75) is 18.8 Å². The molecule has 0 spiro atoms. The lowest BCUT2D eigenvalue weighted by Gasteiger charge is -2.12. The molecule has 0 fully saturated rings. The topological polar surface area (TPSA) is 175 Å². The van der Waals surface area contributed by atoms with Crippen molar-refractivity contribution in [1.82, 2.24) is 31.0 Å². The largest absolute Gasteiger partial charge is 0.573 e. The van der Waals surface area contributed by atoms with Crippen LogP contribution in [-0.4, -0.2) is 56.6 Å². The number of aliphatic hydroxyl groups excluding tert-OH is 1. The number of halogens is 8. The molecule has 57 heavy (non-hydrogen) atoms. The van der Waals surface area contributed by atoms with Gasteiger partial charge in [-0.15, -0.1) is 46.7 Å². The molecule has 2 amide bonds. The van der Waals surface area contributed by atoms with Crippen LogP contribution in [-0.2, 0) is 0 Å². The lowest BCUT2D eigenvalue weighted by Crippen LogP contribution is -2.31. The van der Waals surface area contributed by atoms with Gasteiger partial charge in [-0.05, 0) is 97.1 Å². The summed E-state index contributed by atoms with van der Waals surface area (Å²) in [6, 6.07) is 21.0. The molecule has 6 rings (SSSR count). The molecule has 2 heterocycles. The molecule has 0 saturated carbocycles. The highest BCUT2D eigenvalue weighted by molar-refractivity contribution is 6.31. The second kappa shape index (κ2) is 18.0. The monoisotopic (exact) mass is 836 g/mol.